The van der Waals surface area contributed by atoms with Crippen molar-refractivity contribution in [2.45, 2.75) is 52.0 Å². The summed E-state index contributed by atoms with van der Waals surface area (Å²) in [6, 6.07) is 4.31. The van der Waals surface area contributed by atoms with Crippen molar-refractivity contribution in [2.75, 3.05) is 20.1 Å². The normalized spacial score (nSPS) is 18.7. The minimum absolute atomic E-state index is 0.0861. The molecular formula is C22H30BCl2N3O6. The quantitative estimate of drug-likeness (QED) is 0.538. The number of hydrogen-bond acceptors (Lipinski definition) is 7. The summed E-state index contributed by atoms with van der Waals surface area (Å²) in [5, 5.41) is 5.73. The van der Waals surface area contributed by atoms with Crippen LogP contribution in [-0.2, 0) is 23.7 Å². The summed E-state index contributed by atoms with van der Waals surface area (Å²) in [5.41, 5.74) is 0.134. The van der Waals surface area contributed by atoms with Crippen molar-refractivity contribution in [3.63, 3.8) is 0 Å². The number of carbonyl (C=O) groups excluding carboxylic acids is 4. The van der Waals surface area contributed by atoms with Gasteiger partial charge in [-0.1, -0.05) is 37.0 Å². The second kappa shape index (κ2) is 13.0. The molecule has 9 nitrogen and oxygen atoms in total. The highest BCUT2D eigenvalue weighted by molar-refractivity contribution is 6.51. The third kappa shape index (κ3) is 8.81. The highest BCUT2D eigenvalue weighted by Crippen LogP contribution is 2.20. The SMILES string of the molecule is CC(C)C[C@H](NC(=O)CNC(=O)c1cc(Cl)ccc1Cl)B1OC(=O)CCN(C)[C@H](C)CC(=O)O1. The first kappa shape index (κ1) is 27.9. The molecule has 2 rings (SSSR count). The molecule has 2 atom stereocenters. The topological polar surface area (TPSA) is 114 Å². The van der Waals surface area contributed by atoms with Crippen LogP contribution in [-0.4, -0.2) is 67.9 Å². The Morgan fingerprint density at radius 3 is 2.56 bits per heavy atom. The fourth-order valence-corrected chi connectivity index (χ4v) is 3.75. The van der Waals surface area contributed by atoms with Crippen LogP contribution in [0.3, 0.4) is 0 Å². The van der Waals surface area contributed by atoms with E-state index in [0.717, 1.165) is 0 Å². The Bertz CT molecular complexity index is 917. The lowest BCUT2D eigenvalue weighted by atomic mass is 9.73. The number of nitrogens with one attached hydrogen (secondary N) is 2. The summed E-state index contributed by atoms with van der Waals surface area (Å²) in [5.74, 6) is -2.90. The van der Waals surface area contributed by atoms with E-state index < -0.39 is 36.8 Å². The number of hydrogen-bond donors (Lipinski definition) is 2. The summed E-state index contributed by atoms with van der Waals surface area (Å²) in [6.07, 6.45) is 0.609. The van der Waals surface area contributed by atoms with Crippen LogP contribution in [0.4, 0.5) is 0 Å². The Kier molecular flexibility index (Phi) is 10.7. The van der Waals surface area contributed by atoms with E-state index in [1.165, 1.54) is 12.1 Å². The maximum Gasteiger partial charge on any atom is 0.622 e. The van der Waals surface area contributed by atoms with Gasteiger partial charge in [-0.2, -0.15) is 0 Å². The molecule has 2 N–H and O–H groups in total. The molecule has 1 aromatic rings. The number of benzene rings is 1. The van der Waals surface area contributed by atoms with Crippen LogP contribution >= 0.6 is 23.2 Å². The van der Waals surface area contributed by atoms with E-state index in [-0.39, 0.29) is 41.9 Å². The van der Waals surface area contributed by atoms with E-state index in [0.29, 0.717) is 18.0 Å². The Labute approximate surface area is 209 Å². The lowest BCUT2D eigenvalue weighted by Crippen LogP contribution is -2.54. The molecule has 12 heteroatoms. The number of carbonyl (C=O) groups is 4. The molecule has 186 valence electrons. The third-order valence-electron chi connectivity index (χ3n) is 5.36. The fourth-order valence-electron chi connectivity index (χ4n) is 3.37. The molecule has 34 heavy (non-hydrogen) atoms. The van der Waals surface area contributed by atoms with E-state index in [2.05, 4.69) is 10.6 Å². The average Bonchev–Trinajstić information content (AvgIpc) is 2.75. The minimum Gasteiger partial charge on any atom is -0.498 e. The van der Waals surface area contributed by atoms with Gasteiger partial charge in [0.1, 0.15) is 0 Å². The van der Waals surface area contributed by atoms with E-state index in [9.17, 15) is 19.2 Å². The summed E-state index contributed by atoms with van der Waals surface area (Å²) in [7, 11) is 0.539. The first-order valence-corrected chi connectivity index (χ1v) is 11.8. The van der Waals surface area contributed by atoms with Crippen LogP contribution < -0.4 is 10.6 Å². The molecule has 1 heterocycles. The smallest absolute Gasteiger partial charge is 0.498 e. The van der Waals surface area contributed by atoms with Crippen molar-refractivity contribution in [3.05, 3.63) is 33.8 Å². The van der Waals surface area contributed by atoms with Crippen LogP contribution in [0, 0.1) is 5.92 Å². The van der Waals surface area contributed by atoms with Gasteiger partial charge in [-0.25, -0.2) is 0 Å². The number of rotatable bonds is 7. The van der Waals surface area contributed by atoms with Crippen molar-refractivity contribution in [1.29, 1.82) is 0 Å². The first-order valence-electron chi connectivity index (χ1n) is 11.1. The molecular weight excluding hydrogens is 484 g/mol. The zero-order valence-corrected chi connectivity index (χ0v) is 21.2. The Morgan fingerprint density at radius 1 is 1.21 bits per heavy atom. The molecule has 0 spiro atoms. The Hall–Kier alpha value is -2.30. The third-order valence-corrected chi connectivity index (χ3v) is 5.93. The lowest BCUT2D eigenvalue weighted by Gasteiger charge is -2.29. The second-order valence-corrected chi connectivity index (χ2v) is 9.59. The first-order chi connectivity index (χ1) is 16.0. The summed E-state index contributed by atoms with van der Waals surface area (Å²) in [4.78, 5) is 51.7. The largest absolute Gasteiger partial charge is 0.622 e. The van der Waals surface area contributed by atoms with Crippen LogP contribution in [0.2, 0.25) is 10.0 Å². The van der Waals surface area contributed by atoms with Gasteiger partial charge < -0.3 is 24.8 Å². The van der Waals surface area contributed by atoms with Crippen molar-refractivity contribution in [2.24, 2.45) is 5.92 Å². The van der Waals surface area contributed by atoms with Gasteiger partial charge in [0.05, 0.1) is 35.9 Å². The van der Waals surface area contributed by atoms with Gasteiger partial charge in [-0.15, -0.1) is 0 Å². The van der Waals surface area contributed by atoms with Crippen molar-refractivity contribution in [1.82, 2.24) is 15.5 Å². The van der Waals surface area contributed by atoms with Gasteiger partial charge in [0.2, 0.25) is 5.91 Å². The average molecular weight is 514 g/mol. The van der Waals surface area contributed by atoms with Gasteiger partial charge in [0.25, 0.3) is 17.8 Å². The lowest BCUT2D eigenvalue weighted by molar-refractivity contribution is -0.143. The van der Waals surface area contributed by atoms with Gasteiger partial charge in [-0.3, -0.25) is 19.2 Å². The molecule has 0 aromatic heterocycles. The molecule has 2 amide bonds. The molecule has 0 saturated carbocycles. The summed E-state index contributed by atoms with van der Waals surface area (Å²) in [6.45, 7) is 5.77. The number of nitrogens with zero attached hydrogens (tertiary/aromatic N) is 1. The van der Waals surface area contributed by atoms with Crippen LogP contribution in [0.15, 0.2) is 18.2 Å². The van der Waals surface area contributed by atoms with Crippen molar-refractivity contribution in [3.8, 4) is 0 Å². The van der Waals surface area contributed by atoms with Gasteiger partial charge in [0.15, 0.2) is 0 Å². The van der Waals surface area contributed by atoms with Crippen LogP contribution in [0.25, 0.3) is 0 Å². The zero-order chi connectivity index (χ0) is 25.4. The molecule has 0 aliphatic carbocycles. The Balaban J connectivity index is 2.08. The monoisotopic (exact) mass is 513 g/mol. The second-order valence-electron chi connectivity index (χ2n) is 8.74. The van der Waals surface area contributed by atoms with E-state index in [4.69, 9.17) is 32.5 Å². The summed E-state index contributed by atoms with van der Waals surface area (Å²) >= 11 is 11.9. The molecule has 1 aliphatic heterocycles. The molecule has 0 radical (unpaired) electrons. The van der Waals surface area contributed by atoms with Crippen molar-refractivity contribution < 1.29 is 28.5 Å². The molecule has 1 saturated heterocycles. The molecule has 1 aliphatic rings. The molecule has 1 fully saturated rings. The molecule has 1 aromatic carbocycles. The zero-order valence-electron chi connectivity index (χ0n) is 19.7. The molecule has 0 unspecified atom stereocenters. The minimum atomic E-state index is -1.28. The van der Waals surface area contributed by atoms with E-state index >= 15 is 0 Å². The standard InChI is InChI=1S/C22H30BCl2N3O6/c1-13(2)9-18(23-33-20(30)7-8-28(4)14(3)10-21(31)34-23)27-19(29)12-26-22(32)16-11-15(24)5-6-17(16)25/h5-6,11,13-14,18H,7-10,12H2,1-4H3,(H,26,32)(H,27,29)/t14-,18+/m1/s1. The Morgan fingerprint density at radius 2 is 1.88 bits per heavy atom. The highest BCUT2D eigenvalue weighted by atomic mass is 35.5. The van der Waals surface area contributed by atoms with Gasteiger partial charge in [0, 0.05) is 17.6 Å². The van der Waals surface area contributed by atoms with Crippen LogP contribution in [0.5, 0.6) is 0 Å². The summed E-state index contributed by atoms with van der Waals surface area (Å²) < 4.78 is 10.9. The van der Waals surface area contributed by atoms with Gasteiger partial charge in [-0.05, 0) is 44.5 Å². The number of amides is 2. The van der Waals surface area contributed by atoms with Gasteiger partial charge >= 0.3 is 7.12 Å². The van der Waals surface area contributed by atoms with E-state index in [1.807, 2.05) is 32.7 Å². The predicted octanol–water partition coefficient (Wildman–Crippen LogP) is 2.48. The predicted molar refractivity (Wildman–Crippen MR) is 129 cm³/mol. The van der Waals surface area contributed by atoms with Crippen molar-refractivity contribution >= 4 is 54.1 Å². The number of halogens is 2. The van der Waals surface area contributed by atoms with Crippen LogP contribution in [0.1, 0.15) is 50.4 Å². The molecule has 0 bridgehead atoms. The fraction of sp³-hybridized carbons (Fsp3) is 0.545. The maximum atomic E-state index is 12.6. The maximum absolute atomic E-state index is 12.6. The van der Waals surface area contributed by atoms with E-state index in [1.54, 1.807) is 6.07 Å². The highest BCUT2D eigenvalue weighted by Gasteiger charge is 2.40.